The highest BCUT2D eigenvalue weighted by Gasteiger charge is 2.30. The average Bonchev–Trinajstić information content (AvgIpc) is 3.06. The summed E-state index contributed by atoms with van der Waals surface area (Å²) < 4.78 is 6.44. The molecule has 8 nitrogen and oxygen atoms in total. The first-order valence-corrected chi connectivity index (χ1v) is 7.10. The smallest absolute Gasteiger partial charge is 0.331 e. The number of carbonyl (C=O) groups excluding carboxylic acids is 1. The monoisotopic (exact) mass is 320 g/mol. The van der Waals surface area contributed by atoms with Crippen molar-refractivity contribution in [3.8, 4) is 0 Å². The van der Waals surface area contributed by atoms with Gasteiger partial charge in [0.2, 0.25) is 0 Å². The molecule has 0 unspecified atom stereocenters. The van der Waals surface area contributed by atoms with E-state index in [-0.39, 0.29) is 16.9 Å². The lowest BCUT2D eigenvalue weighted by Gasteiger charge is -2.19. The SMILES string of the molecule is CC(C)(C)c1cc(C(=O)Nc2ccn(C(C)(C)C(=O)O)n2)no1. The van der Waals surface area contributed by atoms with E-state index in [1.807, 2.05) is 20.8 Å². The van der Waals surface area contributed by atoms with Gasteiger partial charge >= 0.3 is 5.97 Å². The third-order valence-electron chi connectivity index (χ3n) is 3.41. The van der Waals surface area contributed by atoms with Crippen molar-refractivity contribution in [2.45, 2.75) is 45.6 Å². The number of amides is 1. The predicted octanol–water partition coefficient (Wildman–Crippen LogP) is 2.24. The van der Waals surface area contributed by atoms with Crippen molar-refractivity contribution in [2.75, 3.05) is 5.32 Å². The Balaban J connectivity index is 2.14. The fraction of sp³-hybridized carbons (Fsp3) is 0.467. The Morgan fingerprint density at radius 3 is 2.43 bits per heavy atom. The first kappa shape index (κ1) is 16.7. The molecule has 0 bridgehead atoms. The van der Waals surface area contributed by atoms with Gasteiger partial charge in [0.25, 0.3) is 5.91 Å². The van der Waals surface area contributed by atoms with Gasteiger partial charge in [0.15, 0.2) is 17.1 Å². The molecule has 2 N–H and O–H groups in total. The molecule has 0 atom stereocenters. The highest BCUT2D eigenvalue weighted by atomic mass is 16.5. The topological polar surface area (TPSA) is 110 Å². The summed E-state index contributed by atoms with van der Waals surface area (Å²) in [4.78, 5) is 23.3. The van der Waals surface area contributed by atoms with Crippen LogP contribution >= 0.6 is 0 Å². The summed E-state index contributed by atoms with van der Waals surface area (Å²) in [5.41, 5.74) is -1.32. The van der Waals surface area contributed by atoms with E-state index in [0.717, 1.165) is 0 Å². The molecule has 0 saturated heterocycles. The van der Waals surface area contributed by atoms with Crippen molar-refractivity contribution in [3.63, 3.8) is 0 Å². The summed E-state index contributed by atoms with van der Waals surface area (Å²) in [6, 6.07) is 3.10. The van der Waals surface area contributed by atoms with Crippen LogP contribution in [-0.4, -0.2) is 31.9 Å². The second-order valence-corrected chi connectivity index (χ2v) is 6.79. The minimum absolute atomic E-state index is 0.141. The van der Waals surface area contributed by atoms with E-state index in [9.17, 15) is 14.7 Å². The number of carboxylic acids is 1. The molecule has 124 valence electrons. The van der Waals surface area contributed by atoms with Crippen LogP contribution in [0.15, 0.2) is 22.9 Å². The molecule has 0 aliphatic rings. The van der Waals surface area contributed by atoms with Crippen LogP contribution in [0.4, 0.5) is 5.82 Å². The Hall–Kier alpha value is -2.64. The normalized spacial score (nSPS) is 12.2. The van der Waals surface area contributed by atoms with Crippen molar-refractivity contribution in [3.05, 3.63) is 29.8 Å². The summed E-state index contributed by atoms with van der Waals surface area (Å²) in [6.45, 7) is 8.88. The van der Waals surface area contributed by atoms with Gasteiger partial charge in [0.05, 0.1) is 0 Å². The number of anilines is 1. The van der Waals surface area contributed by atoms with Gasteiger partial charge in [-0.25, -0.2) is 4.79 Å². The van der Waals surface area contributed by atoms with Crippen LogP contribution in [0.25, 0.3) is 0 Å². The minimum Gasteiger partial charge on any atom is -0.479 e. The van der Waals surface area contributed by atoms with Crippen LogP contribution in [0.5, 0.6) is 0 Å². The van der Waals surface area contributed by atoms with Gasteiger partial charge in [0, 0.05) is 23.7 Å². The van der Waals surface area contributed by atoms with Gasteiger partial charge in [-0.05, 0) is 13.8 Å². The van der Waals surface area contributed by atoms with E-state index >= 15 is 0 Å². The maximum Gasteiger partial charge on any atom is 0.331 e. The summed E-state index contributed by atoms with van der Waals surface area (Å²) in [7, 11) is 0. The molecule has 1 amide bonds. The Morgan fingerprint density at radius 2 is 1.91 bits per heavy atom. The highest BCUT2D eigenvalue weighted by Crippen LogP contribution is 2.23. The van der Waals surface area contributed by atoms with Crippen LogP contribution in [0, 0.1) is 0 Å². The van der Waals surface area contributed by atoms with E-state index in [0.29, 0.717) is 5.76 Å². The molecule has 0 aromatic carbocycles. The second kappa shape index (κ2) is 5.53. The van der Waals surface area contributed by atoms with Crippen LogP contribution < -0.4 is 5.32 Å². The fourth-order valence-electron chi connectivity index (χ4n) is 1.72. The number of carbonyl (C=O) groups is 2. The van der Waals surface area contributed by atoms with E-state index in [1.54, 1.807) is 6.07 Å². The Labute approximate surface area is 133 Å². The molecular weight excluding hydrogens is 300 g/mol. The number of rotatable bonds is 4. The fourth-order valence-corrected chi connectivity index (χ4v) is 1.72. The molecule has 2 aromatic heterocycles. The molecule has 23 heavy (non-hydrogen) atoms. The molecule has 8 heteroatoms. The standard InChI is InChI=1S/C15H20N4O4/c1-14(2,3)10-8-9(18-23-10)12(20)16-11-6-7-19(17-11)15(4,5)13(21)22/h6-8H,1-5H3,(H,21,22)(H,16,17,20). The van der Waals surface area contributed by atoms with Gasteiger partial charge < -0.3 is 14.9 Å². The molecule has 2 heterocycles. The molecule has 2 rings (SSSR count). The van der Waals surface area contributed by atoms with E-state index in [2.05, 4.69) is 15.6 Å². The summed E-state index contributed by atoms with van der Waals surface area (Å²) in [6.07, 6.45) is 1.49. The largest absolute Gasteiger partial charge is 0.479 e. The molecule has 0 aliphatic carbocycles. The van der Waals surface area contributed by atoms with Crippen molar-refractivity contribution >= 4 is 17.7 Å². The van der Waals surface area contributed by atoms with Crippen LogP contribution in [0.3, 0.4) is 0 Å². The number of hydrogen-bond donors (Lipinski definition) is 2. The zero-order valence-corrected chi connectivity index (χ0v) is 13.7. The maximum atomic E-state index is 12.1. The van der Waals surface area contributed by atoms with Crippen molar-refractivity contribution in [2.24, 2.45) is 0 Å². The number of hydrogen-bond acceptors (Lipinski definition) is 5. The molecule has 0 spiro atoms. The third-order valence-corrected chi connectivity index (χ3v) is 3.41. The van der Waals surface area contributed by atoms with Crippen molar-refractivity contribution < 1.29 is 19.2 Å². The first-order chi connectivity index (χ1) is 10.5. The van der Waals surface area contributed by atoms with Crippen LogP contribution in [-0.2, 0) is 15.7 Å². The number of nitrogens with zero attached hydrogens (tertiary/aromatic N) is 3. The summed E-state index contributed by atoms with van der Waals surface area (Å²) >= 11 is 0. The Kier molecular flexibility index (Phi) is 4.02. The third kappa shape index (κ3) is 3.41. The molecule has 0 aliphatic heterocycles. The maximum absolute atomic E-state index is 12.1. The Bertz CT molecular complexity index is 737. The van der Waals surface area contributed by atoms with Crippen LogP contribution in [0.2, 0.25) is 0 Å². The predicted molar refractivity (Wildman–Crippen MR) is 82.3 cm³/mol. The number of aliphatic carboxylic acids is 1. The highest BCUT2D eigenvalue weighted by molar-refractivity contribution is 6.02. The van der Waals surface area contributed by atoms with Crippen molar-refractivity contribution in [1.82, 2.24) is 14.9 Å². The number of carboxylic acid groups (broad SMARTS) is 1. The lowest BCUT2D eigenvalue weighted by molar-refractivity contribution is -0.146. The Morgan fingerprint density at radius 1 is 1.26 bits per heavy atom. The molecule has 0 fully saturated rings. The van der Waals surface area contributed by atoms with E-state index in [4.69, 9.17) is 4.52 Å². The van der Waals surface area contributed by atoms with Gasteiger partial charge in [0.1, 0.15) is 5.76 Å². The first-order valence-electron chi connectivity index (χ1n) is 7.10. The lowest BCUT2D eigenvalue weighted by atomic mass is 9.93. The molecule has 2 aromatic rings. The molecule has 0 saturated carbocycles. The molecule has 0 radical (unpaired) electrons. The zero-order valence-electron chi connectivity index (χ0n) is 13.7. The average molecular weight is 320 g/mol. The summed E-state index contributed by atoms with van der Waals surface area (Å²) in [5, 5.41) is 19.6. The minimum atomic E-state index is -1.21. The van der Waals surface area contributed by atoms with Gasteiger partial charge in [-0.3, -0.25) is 9.48 Å². The summed E-state index contributed by atoms with van der Waals surface area (Å²) in [5.74, 6) is -0.655. The number of aromatic nitrogens is 3. The zero-order chi connectivity index (χ0) is 17.4. The number of nitrogens with one attached hydrogen (secondary N) is 1. The van der Waals surface area contributed by atoms with Gasteiger partial charge in [-0.15, -0.1) is 0 Å². The van der Waals surface area contributed by atoms with Crippen LogP contribution in [0.1, 0.15) is 50.9 Å². The van der Waals surface area contributed by atoms with Gasteiger partial charge in [-0.2, -0.15) is 5.10 Å². The second-order valence-electron chi connectivity index (χ2n) is 6.79. The van der Waals surface area contributed by atoms with E-state index < -0.39 is 17.4 Å². The van der Waals surface area contributed by atoms with Gasteiger partial charge in [-0.1, -0.05) is 25.9 Å². The quantitative estimate of drug-likeness (QED) is 0.894. The van der Waals surface area contributed by atoms with Crippen molar-refractivity contribution in [1.29, 1.82) is 0 Å². The van der Waals surface area contributed by atoms with E-state index in [1.165, 1.54) is 30.8 Å². The lowest BCUT2D eigenvalue weighted by Crippen LogP contribution is -2.36. The molecular formula is C15H20N4O4.